The Morgan fingerprint density at radius 1 is 1.50 bits per heavy atom. The summed E-state index contributed by atoms with van der Waals surface area (Å²) in [6.07, 6.45) is 0. The molecule has 0 aromatic rings. The van der Waals surface area contributed by atoms with Gasteiger partial charge in [-0.15, -0.1) is 0 Å². The van der Waals surface area contributed by atoms with Crippen molar-refractivity contribution >= 4 is 14.4 Å². The van der Waals surface area contributed by atoms with Crippen LogP contribution in [0.5, 0.6) is 0 Å². The summed E-state index contributed by atoms with van der Waals surface area (Å²) in [7, 11) is 1.66. The molecule has 0 saturated carbocycles. The van der Waals surface area contributed by atoms with Crippen LogP contribution < -0.4 is 16.5 Å². The zero-order chi connectivity index (χ0) is 4.28. The van der Waals surface area contributed by atoms with Gasteiger partial charge in [0.2, 0.25) is 0 Å². The maximum atomic E-state index is 4.88. The summed E-state index contributed by atoms with van der Waals surface area (Å²) in [5, 5.41) is 0. The highest BCUT2D eigenvalue weighted by molar-refractivity contribution is 5.75. The van der Waals surface area contributed by atoms with E-state index in [1.807, 2.05) is 0 Å². The second-order valence-electron chi connectivity index (χ2n) is 0.705. The van der Waals surface area contributed by atoms with E-state index in [9.17, 15) is 0 Å². The van der Waals surface area contributed by atoms with Crippen molar-refractivity contribution in [2.75, 3.05) is 7.05 Å². The lowest BCUT2D eigenvalue weighted by atomic mass is 10.8. The Labute approximate surface area is 39.0 Å². The van der Waals surface area contributed by atoms with Crippen molar-refractivity contribution in [1.29, 1.82) is 0 Å². The van der Waals surface area contributed by atoms with Crippen LogP contribution in [-0.4, -0.2) is 21.4 Å². The maximum Gasteiger partial charge on any atom is 0.338 e. The highest BCUT2D eigenvalue weighted by Crippen LogP contribution is 0.971. The summed E-state index contributed by atoms with van der Waals surface area (Å²) in [4.78, 5) is 2.50. The van der Waals surface area contributed by atoms with Crippen molar-refractivity contribution in [3.05, 3.63) is 0 Å². The molecule has 0 atom stereocenters. The molecule has 0 spiro atoms. The molecular formula is C2H8BN3. The van der Waals surface area contributed by atoms with E-state index >= 15 is 0 Å². The van der Waals surface area contributed by atoms with Crippen LogP contribution in [0, 0.1) is 0 Å². The third-order valence-electron chi connectivity index (χ3n) is 0.289. The van der Waals surface area contributed by atoms with Crippen LogP contribution in [-0.2, 0) is 0 Å². The average Bonchev–Trinajstić information content (AvgIpc) is 1.38. The van der Waals surface area contributed by atoms with Gasteiger partial charge in [0, 0.05) is 0 Å². The molecule has 0 amide bonds. The summed E-state index contributed by atoms with van der Waals surface area (Å²) in [6, 6.07) is 0. The van der Waals surface area contributed by atoms with E-state index in [2.05, 4.69) is 4.99 Å². The van der Waals surface area contributed by atoms with E-state index < -0.39 is 0 Å². The van der Waals surface area contributed by atoms with Crippen LogP contribution in [0.25, 0.3) is 0 Å². The van der Waals surface area contributed by atoms with Crippen LogP contribution >= 0.6 is 0 Å². The minimum absolute atomic E-state index is 0. The van der Waals surface area contributed by atoms with E-state index in [1.54, 1.807) is 7.05 Å². The van der Waals surface area contributed by atoms with Gasteiger partial charge >= 0.3 is 5.96 Å². The second-order valence-corrected chi connectivity index (χ2v) is 0.705. The molecule has 0 unspecified atom stereocenters. The average molecular weight is 84.9 g/mol. The molecule has 6 heavy (non-hydrogen) atoms. The summed E-state index contributed by atoms with van der Waals surface area (Å²) < 4.78 is 0. The largest absolute Gasteiger partial charge is 1.00 e. The Bertz CT molecular complexity index is 46.8. The highest BCUT2D eigenvalue weighted by Gasteiger charge is 1.70. The number of rotatable bonds is 0. The first kappa shape index (κ1) is 9.01. The van der Waals surface area contributed by atoms with Crippen molar-refractivity contribution in [1.82, 2.24) is 0 Å². The molecule has 3 nitrogen and oxygen atoms in total. The highest BCUT2D eigenvalue weighted by atomic mass is 15.0. The molecule has 0 aliphatic carbocycles. The van der Waals surface area contributed by atoms with Gasteiger partial charge in [0.15, 0.2) is 0 Å². The number of guanidine groups is 1. The van der Waals surface area contributed by atoms with Gasteiger partial charge in [0.25, 0.3) is 0 Å². The van der Waals surface area contributed by atoms with Crippen LogP contribution in [0.2, 0.25) is 0 Å². The van der Waals surface area contributed by atoms with Gasteiger partial charge in [0.1, 0.15) is 0 Å². The molecule has 4 heteroatoms. The molecule has 0 aliphatic rings. The number of nitrogens with one attached hydrogen (secondary N) is 1. The lowest BCUT2D eigenvalue weighted by Gasteiger charge is -1.69. The normalized spacial score (nSPS) is 5.50. The van der Waals surface area contributed by atoms with Gasteiger partial charge in [-0.1, -0.05) is 0 Å². The van der Waals surface area contributed by atoms with E-state index in [0.717, 1.165) is 0 Å². The fourth-order valence-corrected chi connectivity index (χ4v) is 0. The molecule has 0 rings (SSSR count). The van der Waals surface area contributed by atoms with Gasteiger partial charge < -0.3 is 8.41 Å². The first-order valence-electron chi connectivity index (χ1n) is 1.33. The van der Waals surface area contributed by atoms with Crippen LogP contribution in [0.3, 0.4) is 0 Å². The summed E-state index contributed by atoms with van der Waals surface area (Å²) in [5.41, 5.74) is 9.75. The van der Waals surface area contributed by atoms with Gasteiger partial charge in [-0.2, -0.15) is 0 Å². The molecule has 0 aliphatic heterocycles. The van der Waals surface area contributed by atoms with Crippen LogP contribution in [0.15, 0.2) is 0 Å². The van der Waals surface area contributed by atoms with Crippen molar-refractivity contribution in [3.8, 4) is 0 Å². The van der Waals surface area contributed by atoms with Crippen LogP contribution in [0.4, 0.5) is 0 Å². The Kier molecular flexibility index (Phi) is 6.51. The van der Waals surface area contributed by atoms with E-state index in [4.69, 9.17) is 11.5 Å². The fourth-order valence-electron chi connectivity index (χ4n) is 0. The summed E-state index contributed by atoms with van der Waals surface area (Å²) in [6.45, 7) is 0. The minimum atomic E-state index is 0. The van der Waals surface area contributed by atoms with Crippen molar-refractivity contribution in [2.24, 2.45) is 11.5 Å². The monoisotopic (exact) mass is 85.1 g/mol. The van der Waals surface area contributed by atoms with E-state index in [-0.39, 0.29) is 14.4 Å². The lowest BCUT2D eigenvalue weighted by molar-refractivity contribution is -0.422. The number of nitrogens with two attached hydrogens (primary N) is 2. The molecule has 0 fully saturated rings. The van der Waals surface area contributed by atoms with E-state index in [1.165, 1.54) is 0 Å². The van der Waals surface area contributed by atoms with E-state index in [0.29, 0.717) is 0 Å². The number of hydrogen-bond donors (Lipinski definition) is 3. The topological polar surface area (TPSA) is 66.0 Å². The third kappa shape index (κ3) is 10.2. The zero-order valence-corrected chi connectivity index (χ0v) is 3.73. The van der Waals surface area contributed by atoms with Crippen molar-refractivity contribution < 1.29 is 4.99 Å². The Balaban J connectivity index is 0. The maximum absolute atomic E-state index is 4.88. The Morgan fingerprint density at radius 3 is 1.67 bits per heavy atom. The van der Waals surface area contributed by atoms with Crippen LogP contribution in [0.1, 0.15) is 0 Å². The zero-order valence-electron chi connectivity index (χ0n) is 3.73. The summed E-state index contributed by atoms with van der Waals surface area (Å²) >= 11 is 0. The quantitative estimate of drug-likeness (QED) is 0.163. The first-order chi connectivity index (χ1) is 2.27. The predicted octanol–water partition coefficient (Wildman–Crippen LogP) is -3.41. The lowest BCUT2D eigenvalue weighted by Crippen LogP contribution is -2.73. The standard InChI is InChI=1S/C2H7N3.B/c1-5-2(3)4;/h1H3,(H4,3,4,5);/q;-1/p+1. The number of hydrogen-bond acceptors (Lipinski definition) is 0. The molecule has 5 N–H and O–H groups in total. The molecule has 0 aromatic heterocycles. The Hall–Kier alpha value is -0.665. The smallest absolute Gasteiger partial charge is 0.338 e. The molecule has 0 heterocycles. The van der Waals surface area contributed by atoms with Gasteiger partial charge in [0.05, 0.1) is 7.05 Å². The molecule has 34 valence electrons. The second kappa shape index (κ2) is 4.33. The van der Waals surface area contributed by atoms with Crippen molar-refractivity contribution in [2.45, 2.75) is 0 Å². The van der Waals surface area contributed by atoms with Gasteiger partial charge in [-0.05, 0) is 0 Å². The first-order valence-corrected chi connectivity index (χ1v) is 1.33. The summed E-state index contributed by atoms with van der Waals surface area (Å²) in [5.74, 6) is 0.255. The van der Waals surface area contributed by atoms with Gasteiger partial charge in [-0.3, -0.25) is 16.5 Å². The Morgan fingerprint density at radius 2 is 1.67 bits per heavy atom. The molecule has 0 aromatic carbocycles. The minimum Gasteiger partial charge on any atom is -1.00 e. The molecule has 0 saturated heterocycles. The van der Waals surface area contributed by atoms with Gasteiger partial charge in [-0.25, -0.2) is 0 Å². The predicted molar refractivity (Wildman–Crippen MR) is 26.0 cm³/mol. The molecule has 4 radical (unpaired) electrons. The van der Waals surface area contributed by atoms with Crippen molar-refractivity contribution in [3.63, 3.8) is 0 Å². The SMILES string of the molecule is C[NH+]=C(N)N.[B-]. The fraction of sp³-hybridized carbons (Fsp3) is 0.500. The molecular weight excluding hydrogens is 76.9 g/mol. The molecule has 0 bridgehead atoms. The third-order valence-corrected chi connectivity index (χ3v) is 0.289.